The standard InChI is InChI=1S/C24H23ClN4O3/c1-14(2)20-21(22(30)18-10-15(3)9-16(11-18)5-4-7-26)29(24(32)28-23(20)31)13-17-6-8-27-19(25)12-17/h6,8-12,14H,4-5,13H2,1-3H3,(H,28,31,32). The molecule has 1 N–H and O–H groups in total. The zero-order chi connectivity index (χ0) is 23.4. The summed E-state index contributed by atoms with van der Waals surface area (Å²) in [5, 5.41) is 9.16. The Morgan fingerprint density at radius 3 is 2.62 bits per heavy atom. The Labute approximate surface area is 190 Å². The van der Waals surface area contributed by atoms with Crippen LogP contribution in [0.3, 0.4) is 0 Å². The highest BCUT2D eigenvalue weighted by Crippen LogP contribution is 2.21. The van der Waals surface area contributed by atoms with E-state index in [1.165, 1.54) is 10.8 Å². The molecule has 0 bridgehead atoms. The molecule has 7 nitrogen and oxygen atoms in total. The molecule has 0 atom stereocenters. The molecule has 3 aromatic rings. The topological polar surface area (TPSA) is 109 Å². The van der Waals surface area contributed by atoms with E-state index in [4.69, 9.17) is 16.9 Å². The van der Waals surface area contributed by atoms with Crippen LogP contribution in [0.2, 0.25) is 5.15 Å². The number of rotatable bonds is 7. The fraction of sp³-hybridized carbons (Fsp3) is 0.292. The fourth-order valence-electron chi connectivity index (χ4n) is 3.72. The molecule has 2 aromatic heterocycles. The van der Waals surface area contributed by atoms with Crippen LogP contribution in [-0.4, -0.2) is 20.3 Å². The number of carbonyl (C=O) groups excluding carboxylic acids is 1. The summed E-state index contributed by atoms with van der Waals surface area (Å²) in [5.41, 5.74) is 1.79. The Hall–Kier alpha value is -3.50. The largest absolute Gasteiger partial charge is 0.329 e. The van der Waals surface area contributed by atoms with Gasteiger partial charge < -0.3 is 0 Å². The Morgan fingerprint density at radius 2 is 1.97 bits per heavy atom. The van der Waals surface area contributed by atoms with E-state index >= 15 is 0 Å². The lowest BCUT2D eigenvalue weighted by Crippen LogP contribution is -2.38. The molecule has 2 heterocycles. The van der Waals surface area contributed by atoms with Gasteiger partial charge in [-0.3, -0.25) is 19.1 Å². The summed E-state index contributed by atoms with van der Waals surface area (Å²) in [7, 11) is 0. The van der Waals surface area contributed by atoms with Crippen molar-refractivity contribution in [3.63, 3.8) is 0 Å². The monoisotopic (exact) mass is 450 g/mol. The Balaban J connectivity index is 2.23. The van der Waals surface area contributed by atoms with Gasteiger partial charge in [-0.05, 0) is 54.7 Å². The van der Waals surface area contributed by atoms with Crippen molar-refractivity contribution in [2.24, 2.45) is 0 Å². The molecule has 0 unspecified atom stereocenters. The predicted octanol–water partition coefficient (Wildman–Crippen LogP) is 3.75. The maximum atomic E-state index is 13.7. The first-order chi connectivity index (χ1) is 15.2. The van der Waals surface area contributed by atoms with Gasteiger partial charge in [0.05, 0.1) is 12.6 Å². The number of halogens is 1. The summed E-state index contributed by atoms with van der Waals surface area (Å²) >= 11 is 5.99. The van der Waals surface area contributed by atoms with Crippen molar-refractivity contribution < 1.29 is 4.79 Å². The minimum Gasteiger partial charge on any atom is -0.287 e. The van der Waals surface area contributed by atoms with Crippen molar-refractivity contribution in [3.8, 4) is 6.07 Å². The van der Waals surface area contributed by atoms with E-state index < -0.39 is 17.0 Å². The summed E-state index contributed by atoms with van der Waals surface area (Å²) in [6.45, 7) is 5.51. The number of aromatic nitrogens is 3. The summed E-state index contributed by atoms with van der Waals surface area (Å²) in [6.07, 6.45) is 2.35. The van der Waals surface area contributed by atoms with Gasteiger partial charge in [-0.1, -0.05) is 37.1 Å². The second-order valence-electron chi connectivity index (χ2n) is 7.94. The third-order valence-corrected chi connectivity index (χ3v) is 5.29. The molecule has 0 aliphatic rings. The van der Waals surface area contributed by atoms with Crippen molar-refractivity contribution in [2.45, 2.75) is 46.1 Å². The number of H-pyrrole nitrogens is 1. The molecule has 8 heteroatoms. The lowest BCUT2D eigenvalue weighted by atomic mass is 9.94. The molecule has 0 spiro atoms. The van der Waals surface area contributed by atoms with Crippen LogP contribution in [0.4, 0.5) is 0 Å². The number of nitrogens with zero attached hydrogens (tertiary/aromatic N) is 3. The molecular formula is C24H23ClN4O3. The van der Waals surface area contributed by atoms with E-state index in [0.29, 0.717) is 24.0 Å². The van der Waals surface area contributed by atoms with Gasteiger partial charge in [0.15, 0.2) is 0 Å². The van der Waals surface area contributed by atoms with Gasteiger partial charge in [-0.2, -0.15) is 5.26 Å². The molecule has 0 saturated heterocycles. The van der Waals surface area contributed by atoms with Crippen LogP contribution in [0.5, 0.6) is 0 Å². The number of nitrogens with one attached hydrogen (secondary N) is 1. The third kappa shape index (κ3) is 5.04. The summed E-state index contributed by atoms with van der Waals surface area (Å²) < 4.78 is 1.28. The lowest BCUT2D eigenvalue weighted by molar-refractivity contribution is 0.102. The molecule has 0 saturated carbocycles. The quantitative estimate of drug-likeness (QED) is 0.435. The molecule has 0 fully saturated rings. The molecule has 0 amide bonds. The highest BCUT2D eigenvalue weighted by Gasteiger charge is 2.25. The maximum Gasteiger partial charge on any atom is 0.329 e. The molecule has 1 aromatic carbocycles. The second-order valence-corrected chi connectivity index (χ2v) is 8.33. The Kier molecular flexibility index (Phi) is 7.06. The van der Waals surface area contributed by atoms with Gasteiger partial charge in [-0.15, -0.1) is 0 Å². The van der Waals surface area contributed by atoms with Gasteiger partial charge in [0.25, 0.3) is 5.56 Å². The number of aryl methyl sites for hydroxylation is 2. The average molecular weight is 451 g/mol. The van der Waals surface area contributed by atoms with Gasteiger partial charge in [0.2, 0.25) is 5.78 Å². The normalized spacial score (nSPS) is 10.9. The highest BCUT2D eigenvalue weighted by molar-refractivity contribution is 6.29. The fourth-order valence-corrected chi connectivity index (χ4v) is 3.91. The number of benzene rings is 1. The van der Waals surface area contributed by atoms with Crippen molar-refractivity contribution in [3.05, 3.63) is 96.0 Å². The minimum atomic E-state index is -0.673. The zero-order valence-corrected chi connectivity index (χ0v) is 18.9. The van der Waals surface area contributed by atoms with Crippen molar-refractivity contribution in [1.82, 2.24) is 14.5 Å². The Bertz CT molecular complexity index is 1330. The molecule has 3 rings (SSSR count). The van der Waals surface area contributed by atoms with Crippen LogP contribution >= 0.6 is 11.6 Å². The van der Waals surface area contributed by atoms with Crippen LogP contribution in [0.15, 0.2) is 46.1 Å². The number of hydrogen-bond donors (Lipinski definition) is 1. The molecular weight excluding hydrogens is 428 g/mol. The molecule has 0 aliphatic carbocycles. The first-order valence-electron chi connectivity index (χ1n) is 10.2. The van der Waals surface area contributed by atoms with Crippen LogP contribution in [-0.2, 0) is 13.0 Å². The van der Waals surface area contributed by atoms with E-state index in [0.717, 1.165) is 11.1 Å². The number of ketones is 1. The van der Waals surface area contributed by atoms with E-state index in [1.807, 2.05) is 13.0 Å². The predicted molar refractivity (Wildman–Crippen MR) is 122 cm³/mol. The van der Waals surface area contributed by atoms with Crippen LogP contribution in [0.25, 0.3) is 0 Å². The van der Waals surface area contributed by atoms with Crippen LogP contribution < -0.4 is 11.2 Å². The maximum absolute atomic E-state index is 13.7. The van der Waals surface area contributed by atoms with Crippen LogP contribution in [0, 0.1) is 18.3 Å². The second kappa shape index (κ2) is 9.75. The number of pyridine rings is 1. The van der Waals surface area contributed by atoms with Crippen LogP contribution in [0.1, 0.15) is 64.5 Å². The number of nitriles is 1. The van der Waals surface area contributed by atoms with Gasteiger partial charge >= 0.3 is 5.69 Å². The third-order valence-electron chi connectivity index (χ3n) is 5.08. The lowest BCUT2D eigenvalue weighted by Gasteiger charge is -2.18. The van der Waals surface area contributed by atoms with Crippen molar-refractivity contribution >= 4 is 17.4 Å². The van der Waals surface area contributed by atoms with E-state index in [-0.39, 0.29) is 28.9 Å². The number of hydrogen-bond acceptors (Lipinski definition) is 5. The van der Waals surface area contributed by atoms with E-state index in [9.17, 15) is 14.4 Å². The molecule has 164 valence electrons. The summed E-state index contributed by atoms with van der Waals surface area (Å²) in [5.74, 6) is -0.715. The molecule has 0 aliphatic heterocycles. The number of carbonyl (C=O) groups is 1. The zero-order valence-electron chi connectivity index (χ0n) is 18.1. The highest BCUT2D eigenvalue weighted by atomic mass is 35.5. The van der Waals surface area contributed by atoms with Crippen molar-refractivity contribution in [2.75, 3.05) is 0 Å². The number of aromatic amines is 1. The van der Waals surface area contributed by atoms with E-state index in [1.54, 1.807) is 38.1 Å². The smallest absolute Gasteiger partial charge is 0.287 e. The van der Waals surface area contributed by atoms with Crippen molar-refractivity contribution in [1.29, 1.82) is 5.26 Å². The average Bonchev–Trinajstić information content (AvgIpc) is 2.72. The van der Waals surface area contributed by atoms with Gasteiger partial charge in [0.1, 0.15) is 10.8 Å². The SMILES string of the molecule is Cc1cc(CCC#N)cc(C(=O)c2c(C(C)C)c(=O)[nH]c(=O)n2Cc2ccnc(Cl)c2)c1. The molecule has 0 radical (unpaired) electrons. The Morgan fingerprint density at radius 1 is 1.22 bits per heavy atom. The first kappa shape index (κ1) is 23.2. The summed E-state index contributed by atoms with van der Waals surface area (Å²) in [4.78, 5) is 45.5. The first-order valence-corrected chi connectivity index (χ1v) is 10.6. The van der Waals surface area contributed by atoms with Gasteiger partial charge in [0, 0.05) is 23.7 Å². The summed E-state index contributed by atoms with van der Waals surface area (Å²) in [6, 6.07) is 10.8. The molecule has 32 heavy (non-hydrogen) atoms. The van der Waals surface area contributed by atoms with E-state index in [2.05, 4.69) is 16.0 Å². The van der Waals surface area contributed by atoms with Gasteiger partial charge in [-0.25, -0.2) is 9.78 Å². The minimum absolute atomic E-state index is 0.0474.